The van der Waals surface area contributed by atoms with Gasteiger partial charge in [-0.15, -0.1) is 0 Å². The molecule has 7 heteroatoms. The minimum atomic E-state index is -4.46. The third kappa shape index (κ3) is 4.22. The van der Waals surface area contributed by atoms with Crippen molar-refractivity contribution in [2.45, 2.75) is 38.8 Å². The first-order chi connectivity index (χ1) is 9.90. The summed E-state index contributed by atoms with van der Waals surface area (Å²) in [6.07, 6.45) is 0.233. The van der Waals surface area contributed by atoms with Crippen LogP contribution in [0.2, 0.25) is 0 Å². The zero-order valence-corrected chi connectivity index (χ0v) is 12.4. The summed E-state index contributed by atoms with van der Waals surface area (Å²) in [5, 5.41) is 2.76. The Kier molecular flexibility index (Phi) is 4.90. The van der Waals surface area contributed by atoms with Crippen LogP contribution in [0.1, 0.15) is 38.3 Å². The van der Waals surface area contributed by atoms with Crippen LogP contribution >= 0.6 is 0 Å². The van der Waals surface area contributed by atoms with Crippen molar-refractivity contribution >= 4 is 11.8 Å². The molecule has 1 fully saturated rings. The summed E-state index contributed by atoms with van der Waals surface area (Å²) in [5.41, 5.74) is -0.901. The van der Waals surface area contributed by atoms with E-state index in [2.05, 4.69) is 15.3 Å². The van der Waals surface area contributed by atoms with E-state index < -0.39 is 11.9 Å². The van der Waals surface area contributed by atoms with E-state index in [-0.39, 0.29) is 5.95 Å². The fourth-order valence-corrected chi connectivity index (χ4v) is 2.69. The largest absolute Gasteiger partial charge is 0.433 e. The number of nitrogens with one attached hydrogen (secondary N) is 1. The smallest absolute Gasteiger partial charge is 0.359 e. The van der Waals surface area contributed by atoms with Gasteiger partial charge in [0.2, 0.25) is 5.95 Å². The lowest BCUT2D eigenvalue weighted by molar-refractivity contribution is -0.141. The van der Waals surface area contributed by atoms with Gasteiger partial charge in [-0.3, -0.25) is 0 Å². The molecule has 0 radical (unpaired) electrons. The van der Waals surface area contributed by atoms with Gasteiger partial charge in [-0.05, 0) is 25.7 Å². The molecular weight excluding hydrogens is 281 g/mol. The first-order valence-corrected chi connectivity index (χ1v) is 7.31. The molecule has 0 atom stereocenters. The number of hydrogen-bond donors (Lipinski definition) is 1. The second-order valence-electron chi connectivity index (χ2n) is 5.49. The molecule has 0 amide bonds. The maximum absolute atomic E-state index is 12.9. The summed E-state index contributed by atoms with van der Waals surface area (Å²) in [6.45, 7) is 3.01. The van der Waals surface area contributed by atoms with Crippen molar-refractivity contribution in [3.63, 3.8) is 0 Å². The topological polar surface area (TPSA) is 41.1 Å². The van der Waals surface area contributed by atoms with Crippen LogP contribution in [0, 0.1) is 5.92 Å². The third-order valence-corrected chi connectivity index (χ3v) is 3.74. The van der Waals surface area contributed by atoms with Crippen LogP contribution in [0.25, 0.3) is 0 Å². The molecular formula is C14H21F3N4. The van der Waals surface area contributed by atoms with Crippen molar-refractivity contribution in [2.24, 2.45) is 5.92 Å². The number of nitrogens with zero attached hydrogens (tertiary/aromatic N) is 3. The van der Waals surface area contributed by atoms with Gasteiger partial charge >= 0.3 is 6.18 Å². The molecule has 0 aliphatic heterocycles. The summed E-state index contributed by atoms with van der Waals surface area (Å²) < 4.78 is 38.8. The van der Waals surface area contributed by atoms with Crippen molar-refractivity contribution < 1.29 is 13.2 Å². The molecule has 1 aliphatic rings. The molecule has 1 saturated carbocycles. The lowest BCUT2D eigenvalue weighted by Crippen LogP contribution is -2.26. The molecule has 2 rings (SSSR count). The number of hydrogen-bond acceptors (Lipinski definition) is 4. The second-order valence-corrected chi connectivity index (χ2v) is 5.49. The quantitative estimate of drug-likeness (QED) is 0.903. The Balaban J connectivity index is 2.21. The third-order valence-electron chi connectivity index (χ3n) is 3.74. The second kappa shape index (κ2) is 6.49. The van der Waals surface area contributed by atoms with Crippen LogP contribution in [0.15, 0.2) is 6.07 Å². The van der Waals surface area contributed by atoms with Gasteiger partial charge in [-0.2, -0.15) is 18.2 Å². The summed E-state index contributed by atoms with van der Waals surface area (Å²) in [6, 6.07) is 1.02. The van der Waals surface area contributed by atoms with Gasteiger partial charge in [0.1, 0.15) is 5.82 Å². The highest BCUT2D eigenvalue weighted by atomic mass is 19.4. The lowest BCUT2D eigenvalue weighted by Gasteiger charge is -2.23. The number of alkyl halides is 3. The molecule has 0 unspecified atom stereocenters. The van der Waals surface area contributed by atoms with Crippen molar-refractivity contribution in [1.82, 2.24) is 9.97 Å². The van der Waals surface area contributed by atoms with Gasteiger partial charge in [-0.25, -0.2) is 4.98 Å². The highest BCUT2D eigenvalue weighted by Crippen LogP contribution is 2.31. The summed E-state index contributed by atoms with van der Waals surface area (Å²) in [5.74, 6) is 0.891. The maximum Gasteiger partial charge on any atom is 0.433 e. The van der Waals surface area contributed by atoms with E-state index in [9.17, 15) is 13.2 Å². The van der Waals surface area contributed by atoms with Gasteiger partial charge in [0.15, 0.2) is 5.69 Å². The molecule has 4 nitrogen and oxygen atoms in total. The Bertz CT molecular complexity index is 470. The van der Waals surface area contributed by atoms with E-state index in [1.807, 2.05) is 0 Å². The molecule has 21 heavy (non-hydrogen) atoms. The minimum absolute atomic E-state index is 0.0283. The van der Waals surface area contributed by atoms with Crippen LogP contribution in [-0.4, -0.2) is 30.1 Å². The zero-order valence-electron chi connectivity index (χ0n) is 12.4. The molecule has 1 N–H and O–H groups in total. The van der Waals surface area contributed by atoms with E-state index in [0.717, 1.165) is 25.5 Å². The minimum Gasteiger partial charge on any atom is -0.359 e. The molecule has 0 aromatic carbocycles. The molecule has 0 saturated heterocycles. The molecule has 1 aliphatic carbocycles. The Labute approximate surface area is 122 Å². The van der Waals surface area contributed by atoms with Gasteiger partial charge in [0, 0.05) is 26.2 Å². The van der Waals surface area contributed by atoms with E-state index in [1.54, 1.807) is 18.9 Å². The van der Waals surface area contributed by atoms with Gasteiger partial charge in [0.25, 0.3) is 0 Å². The van der Waals surface area contributed by atoms with Crippen LogP contribution in [0.4, 0.5) is 24.9 Å². The predicted octanol–water partition coefficient (Wildman–Crippen LogP) is 3.55. The van der Waals surface area contributed by atoms with Crippen molar-refractivity contribution in [3.05, 3.63) is 11.8 Å². The number of rotatable bonds is 5. The van der Waals surface area contributed by atoms with Crippen molar-refractivity contribution in [2.75, 3.05) is 30.4 Å². The zero-order chi connectivity index (χ0) is 15.5. The van der Waals surface area contributed by atoms with E-state index in [4.69, 9.17) is 0 Å². The Morgan fingerprint density at radius 2 is 1.95 bits per heavy atom. The normalized spacial score (nSPS) is 16.2. The van der Waals surface area contributed by atoms with Crippen LogP contribution in [0.3, 0.4) is 0 Å². The summed E-state index contributed by atoms with van der Waals surface area (Å²) in [4.78, 5) is 9.52. The molecule has 0 spiro atoms. The number of halogens is 3. The van der Waals surface area contributed by atoms with Crippen LogP contribution < -0.4 is 10.2 Å². The number of aromatic nitrogens is 2. The maximum atomic E-state index is 12.9. The highest BCUT2D eigenvalue weighted by Gasteiger charge is 2.34. The van der Waals surface area contributed by atoms with Crippen LogP contribution in [0.5, 0.6) is 0 Å². The molecule has 0 bridgehead atoms. The van der Waals surface area contributed by atoms with E-state index in [1.165, 1.54) is 12.8 Å². The van der Waals surface area contributed by atoms with Crippen molar-refractivity contribution in [1.29, 1.82) is 0 Å². The van der Waals surface area contributed by atoms with Gasteiger partial charge in [-0.1, -0.05) is 12.8 Å². The highest BCUT2D eigenvalue weighted by molar-refractivity contribution is 5.45. The van der Waals surface area contributed by atoms with E-state index >= 15 is 0 Å². The molecule has 118 valence electrons. The molecule has 1 aromatic rings. The SMILES string of the molecule is CCNc1nc(N(C)CC2CCCC2)cc(C(F)(F)F)n1. The number of anilines is 2. The predicted molar refractivity (Wildman–Crippen MR) is 76.4 cm³/mol. The standard InChI is InChI=1S/C14H21F3N4/c1-3-18-13-19-11(14(15,16)17)8-12(20-13)21(2)9-10-6-4-5-7-10/h8,10H,3-7,9H2,1-2H3,(H,18,19,20). The van der Waals surface area contributed by atoms with Gasteiger partial charge < -0.3 is 10.2 Å². The average molecular weight is 302 g/mol. The first kappa shape index (κ1) is 15.9. The monoisotopic (exact) mass is 302 g/mol. The molecule has 1 aromatic heterocycles. The fraction of sp³-hybridized carbons (Fsp3) is 0.714. The van der Waals surface area contributed by atoms with E-state index in [0.29, 0.717) is 18.3 Å². The Morgan fingerprint density at radius 1 is 1.29 bits per heavy atom. The Hall–Kier alpha value is -1.53. The van der Waals surface area contributed by atoms with Gasteiger partial charge in [0.05, 0.1) is 0 Å². The molecule has 1 heterocycles. The Morgan fingerprint density at radius 3 is 2.52 bits per heavy atom. The summed E-state index contributed by atoms with van der Waals surface area (Å²) >= 11 is 0. The van der Waals surface area contributed by atoms with Crippen molar-refractivity contribution in [3.8, 4) is 0 Å². The van der Waals surface area contributed by atoms with Crippen LogP contribution in [-0.2, 0) is 6.18 Å². The lowest BCUT2D eigenvalue weighted by atomic mass is 10.1. The average Bonchev–Trinajstić information content (AvgIpc) is 2.90. The summed E-state index contributed by atoms with van der Waals surface area (Å²) in [7, 11) is 1.79. The first-order valence-electron chi connectivity index (χ1n) is 7.31. The fourth-order valence-electron chi connectivity index (χ4n) is 2.69.